The predicted molar refractivity (Wildman–Crippen MR) is 76.3 cm³/mol. The third kappa shape index (κ3) is 5.58. The minimum absolute atomic E-state index is 0.218. The molecule has 3 heteroatoms. The van der Waals surface area contributed by atoms with Crippen molar-refractivity contribution in [2.75, 3.05) is 6.54 Å². The molecule has 3 nitrogen and oxygen atoms in total. The smallest absolute Gasteiger partial charge is 0.310 e. The van der Waals surface area contributed by atoms with Crippen LogP contribution >= 0.6 is 0 Å². The fourth-order valence-electron chi connectivity index (χ4n) is 1.41. The largest absolute Gasteiger partial charge is 0.461 e. The number of benzene rings is 1. The first kappa shape index (κ1) is 15.3. The van der Waals surface area contributed by atoms with E-state index >= 15 is 0 Å². The third-order valence-corrected chi connectivity index (χ3v) is 2.84. The molecule has 19 heavy (non-hydrogen) atoms. The highest BCUT2D eigenvalue weighted by molar-refractivity contribution is 5.72. The molecule has 0 spiro atoms. The van der Waals surface area contributed by atoms with Gasteiger partial charge in [-0.3, -0.25) is 4.79 Å². The number of ether oxygens (including phenoxy) is 1. The standard InChI is InChI=1S/C16H21NO2/c1-5-16(3,4)17-11-13(2)15(18)19-12-14-9-7-6-8-10-14/h1,6-10,13,17H,11-12H2,2-4H3. The van der Waals surface area contributed by atoms with Gasteiger partial charge in [-0.05, 0) is 19.4 Å². The molecule has 0 heterocycles. The maximum Gasteiger partial charge on any atom is 0.310 e. The van der Waals surface area contributed by atoms with E-state index in [0.29, 0.717) is 13.2 Å². The fourth-order valence-corrected chi connectivity index (χ4v) is 1.41. The number of hydrogen-bond acceptors (Lipinski definition) is 3. The molecule has 0 amide bonds. The van der Waals surface area contributed by atoms with E-state index in [1.807, 2.05) is 51.1 Å². The fraction of sp³-hybridized carbons (Fsp3) is 0.438. The number of hydrogen-bond donors (Lipinski definition) is 1. The zero-order chi connectivity index (χ0) is 14.3. The van der Waals surface area contributed by atoms with Gasteiger partial charge in [-0.1, -0.05) is 43.2 Å². The monoisotopic (exact) mass is 259 g/mol. The van der Waals surface area contributed by atoms with Crippen LogP contribution in [-0.4, -0.2) is 18.1 Å². The van der Waals surface area contributed by atoms with Gasteiger partial charge in [0.2, 0.25) is 0 Å². The van der Waals surface area contributed by atoms with Crippen molar-refractivity contribution in [2.24, 2.45) is 5.92 Å². The van der Waals surface area contributed by atoms with Crippen LogP contribution in [0, 0.1) is 18.3 Å². The molecular formula is C16H21NO2. The van der Waals surface area contributed by atoms with Crippen molar-refractivity contribution in [1.82, 2.24) is 5.32 Å². The highest BCUT2D eigenvalue weighted by Crippen LogP contribution is 2.06. The van der Waals surface area contributed by atoms with Crippen molar-refractivity contribution < 1.29 is 9.53 Å². The Morgan fingerprint density at radius 3 is 2.63 bits per heavy atom. The molecular weight excluding hydrogens is 238 g/mol. The lowest BCUT2D eigenvalue weighted by Gasteiger charge is -2.21. The molecule has 0 aliphatic heterocycles. The van der Waals surface area contributed by atoms with Gasteiger partial charge >= 0.3 is 5.97 Å². The quantitative estimate of drug-likeness (QED) is 0.629. The zero-order valence-electron chi connectivity index (χ0n) is 11.8. The van der Waals surface area contributed by atoms with E-state index in [4.69, 9.17) is 11.2 Å². The number of carbonyl (C=O) groups excluding carboxylic acids is 1. The molecule has 0 aliphatic rings. The Hall–Kier alpha value is -1.79. The van der Waals surface area contributed by atoms with Crippen LogP contribution < -0.4 is 5.32 Å². The van der Waals surface area contributed by atoms with Crippen LogP contribution in [0.15, 0.2) is 30.3 Å². The summed E-state index contributed by atoms with van der Waals surface area (Å²) in [7, 11) is 0. The number of esters is 1. The van der Waals surface area contributed by atoms with Gasteiger partial charge in [0.15, 0.2) is 0 Å². The highest BCUT2D eigenvalue weighted by Gasteiger charge is 2.19. The Labute approximate surface area is 115 Å². The van der Waals surface area contributed by atoms with E-state index in [-0.39, 0.29) is 11.9 Å². The van der Waals surface area contributed by atoms with E-state index in [9.17, 15) is 4.79 Å². The molecule has 0 saturated carbocycles. The van der Waals surface area contributed by atoms with Crippen LogP contribution in [0.4, 0.5) is 0 Å². The van der Waals surface area contributed by atoms with Gasteiger partial charge in [0, 0.05) is 6.54 Å². The van der Waals surface area contributed by atoms with Crippen molar-refractivity contribution in [2.45, 2.75) is 32.9 Å². The van der Waals surface area contributed by atoms with Gasteiger partial charge in [0.05, 0.1) is 11.5 Å². The van der Waals surface area contributed by atoms with Crippen LogP contribution in [0.5, 0.6) is 0 Å². The predicted octanol–water partition coefficient (Wildman–Crippen LogP) is 2.37. The third-order valence-electron chi connectivity index (χ3n) is 2.84. The van der Waals surface area contributed by atoms with Crippen LogP contribution in [0.3, 0.4) is 0 Å². The number of rotatable bonds is 6. The first-order valence-electron chi connectivity index (χ1n) is 6.38. The van der Waals surface area contributed by atoms with Gasteiger partial charge in [-0.15, -0.1) is 6.42 Å². The lowest BCUT2D eigenvalue weighted by atomic mass is 10.1. The molecule has 0 aliphatic carbocycles. The molecule has 0 bridgehead atoms. The van der Waals surface area contributed by atoms with E-state index in [0.717, 1.165) is 5.56 Å². The van der Waals surface area contributed by atoms with E-state index in [1.54, 1.807) is 0 Å². The van der Waals surface area contributed by atoms with Crippen molar-refractivity contribution in [3.8, 4) is 12.3 Å². The SMILES string of the molecule is C#CC(C)(C)NCC(C)C(=O)OCc1ccccc1. The molecule has 0 aromatic heterocycles. The summed E-state index contributed by atoms with van der Waals surface area (Å²) in [5.74, 6) is 2.19. The van der Waals surface area contributed by atoms with Gasteiger partial charge in [0.25, 0.3) is 0 Å². The first-order valence-corrected chi connectivity index (χ1v) is 6.38. The Kier molecular flexibility index (Phi) is 5.59. The van der Waals surface area contributed by atoms with E-state index in [1.165, 1.54) is 0 Å². The maximum atomic E-state index is 11.8. The van der Waals surface area contributed by atoms with Crippen molar-refractivity contribution >= 4 is 5.97 Å². The van der Waals surface area contributed by atoms with Gasteiger partial charge in [-0.25, -0.2) is 0 Å². The number of nitrogens with one attached hydrogen (secondary N) is 1. The second-order valence-electron chi connectivity index (χ2n) is 5.14. The summed E-state index contributed by atoms with van der Waals surface area (Å²) >= 11 is 0. The van der Waals surface area contributed by atoms with E-state index < -0.39 is 5.54 Å². The van der Waals surface area contributed by atoms with Crippen molar-refractivity contribution in [3.63, 3.8) is 0 Å². The molecule has 1 atom stereocenters. The Bertz CT molecular complexity index is 446. The molecule has 1 unspecified atom stereocenters. The van der Waals surface area contributed by atoms with Crippen molar-refractivity contribution in [1.29, 1.82) is 0 Å². The molecule has 1 N–H and O–H groups in total. The maximum absolute atomic E-state index is 11.8. The van der Waals surface area contributed by atoms with Crippen molar-refractivity contribution in [3.05, 3.63) is 35.9 Å². The second-order valence-corrected chi connectivity index (χ2v) is 5.14. The summed E-state index contributed by atoms with van der Waals surface area (Å²) in [6.07, 6.45) is 5.37. The Morgan fingerprint density at radius 2 is 2.05 bits per heavy atom. The number of terminal acetylenes is 1. The topological polar surface area (TPSA) is 38.3 Å². The molecule has 1 rings (SSSR count). The summed E-state index contributed by atoms with van der Waals surface area (Å²) in [6.45, 7) is 6.43. The summed E-state index contributed by atoms with van der Waals surface area (Å²) in [5.41, 5.74) is 0.577. The van der Waals surface area contributed by atoms with Crippen LogP contribution in [-0.2, 0) is 16.1 Å². The minimum Gasteiger partial charge on any atom is -0.461 e. The summed E-state index contributed by atoms with van der Waals surface area (Å²) in [6, 6.07) is 9.63. The summed E-state index contributed by atoms with van der Waals surface area (Å²) in [4.78, 5) is 11.8. The van der Waals surface area contributed by atoms with Gasteiger partial charge < -0.3 is 10.1 Å². The molecule has 0 fully saturated rings. The molecule has 0 radical (unpaired) electrons. The lowest BCUT2D eigenvalue weighted by Crippen LogP contribution is -2.41. The Morgan fingerprint density at radius 1 is 1.42 bits per heavy atom. The second kappa shape index (κ2) is 6.96. The summed E-state index contributed by atoms with van der Waals surface area (Å²) < 4.78 is 5.26. The van der Waals surface area contributed by atoms with E-state index in [2.05, 4.69) is 11.2 Å². The number of carbonyl (C=O) groups is 1. The van der Waals surface area contributed by atoms with Gasteiger partial charge in [-0.2, -0.15) is 0 Å². The molecule has 102 valence electrons. The zero-order valence-corrected chi connectivity index (χ0v) is 11.8. The Balaban J connectivity index is 2.36. The average Bonchev–Trinajstić information content (AvgIpc) is 2.43. The van der Waals surface area contributed by atoms with Crippen LogP contribution in [0.2, 0.25) is 0 Å². The minimum atomic E-state index is -0.409. The van der Waals surface area contributed by atoms with Crippen LogP contribution in [0.25, 0.3) is 0 Å². The normalized spacial score (nSPS) is 12.5. The average molecular weight is 259 g/mol. The molecule has 0 saturated heterocycles. The molecule has 1 aromatic rings. The highest BCUT2D eigenvalue weighted by atomic mass is 16.5. The van der Waals surface area contributed by atoms with Crippen LogP contribution in [0.1, 0.15) is 26.3 Å². The molecule has 1 aromatic carbocycles. The summed E-state index contributed by atoms with van der Waals surface area (Å²) in [5, 5.41) is 3.15. The first-order chi connectivity index (χ1) is 8.94. The van der Waals surface area contributed by atoms with Gasteiger partial charge in [0.1, 0.15) is 6.61 Å². The lowest BCUT2D eigenvalue weighted by molar-refractivity contribution is -0.149.